The van der Waals surface area contributed by atoms with E-state index in [1.165, 1.54) is 5.19 Å². The van der Waals surface area contributed by atoms with Gasteiger partial charge in [-0.15, -0.1) is 0 Å². The van der Waals surface area contributed by atoms with Crippen molar-refractivity contribution in [3.8, 4) is 5.75 Å². The maximum atomic E-state index is 15.0. The lowest BCUT2D eigenvalue weighted by Crippen LogP contribution is -2.51. The van der Waals surface area contributed by atoms with E-state index in [9.17, 15) is 14.7 Å². The Morgan fingerprint density at radius 3 is 2.20 bits per heavy atom. The van der Waals surface area contributed by atoms with Gasteiger partial charge in [-0.3, -0.25) is 14.4 Å². The molecule has 3 fully saturated rings. The van der Waals surface area contributed by atoms with Crippen LogP contribution in [0.15, 0.2) is 66.7 Å². The minimum atomic E-state index is -2.32. The molecule has 1 spiro atoms. The summed E-state index contributed by atoms with van der Waals surface area (Å²) < 4.78 is 12.5. The van der Waals surface area contributed by atoms with E-state index in [1.807, 2.05) is 59.5 Å². The number of β-lactam (4-membered cyclic amide) rings is 2. The standard InChI is InChI=1S/C36H41N3O6Si/c1-23-34(46(3,4)28-11-9-27(44-2)10-12-28)31(16-19-40)45-36(23)29-21-26(38-18-15-33(38)42)8-13-30(29)39(35(36)43)22-24-6-5-7-25(20-24)37-17-14-32(37)41/h5-13,20-21,23,31,34,40H,14-19,22H2,1-4H3/t23-,31+,34-,36+/m0/s1. The van der Waals surface area contributed by atoms with Crippen LogP contribution >= 0.6 is 0 Å². The van der Waals surface area contributed by atoms with Crippen LogP contribution in [-0.2, 0) is 31.3 Å². The summed E-state index contributed by atoms with van der Waals surface area (Å²) in [4.78, 5) is 45.0. The average molecular weight is 640 g/mol. The highest BCUT2D eigenvalue weighted by Crippen LogP contribution is 2.60. The van der Waals surface area contributed by atoms with Crippen molar-refractivity contribution in [2.75, 3.05) is 41.5 Å². The van der Waals surface area contributed by atoms with E-state index in [0.717, 1.165) is 33.9 Å². The van der Waals surface area contributed by atoms with Gasteiger partial charge in [-0.1, -0.05) is 49.5 Å². The molecule has 4 heterocycles. The third-order valence-electron chi connectivity index (χ3n) is 10.8. The topological polar surface area (TPSA) is 99.6 Å². The van der Waals surface area contributed by atoms with Gasteiger partial charge in [0, 0.05) is 55.4 Å². The zero-order valence-electron chi connectivity index (χ0n) is 26.9. The monoisotopic (exact) mass is 639 g/mol. The average Bonchev–Trinajstić information content (AvgIpc) is 3.46. The second-order valence-electron chi connectivity index (χ2n) is 13.5. The molecule has 0 aliphatic carbocycles. The summed E-state index contributed by atoms with van der Waals surface area (Å²) in [5.74, 6) is 0.620. The molecule has 46 heavy (non-hydrogen) atoms. The fourth-order valence-corrected chi connectivity index (χ4v) is 12.3. The summed E-state index contributed by atoms with van der Waals surface area (Å²) >= 11 is 0. The van der Waals surface area contributed by atoms with Crippen LogP contribution in [0.25, 0.3) is 0 Å². The number of methoxy groups -OCH3 is 1. The number of rotatable bonds is 9. The number of hydrogen-bond acceptors (Lipinski definition) is 6. The highest BCUT2D eigenvalue weighted by atomic mass is 28.3. The maximum absolute atomic E-state index is 15.0. The van der Waals surface area contributed by atoms with Gasteiger partial charge in [0.15, 0.2) is 5.60 Å². The molecule has 4 aliphatic heterocycles. The molecule has 0 radical (unpaired) electrons. The van der Waals surface area contributed by atoms with Crippen LogP contribution in [0.3, 0.4) is 0 Å². The molecule has 4 atom stereocenters. The molecule has 3 aromatic carbocycles. The van der Waals surface area contributed by atoms with E-state index in [1.54, 1.807) is 16.9 Å². The number of nitrogens with zero attached hydrogens (tertiary/aromatic N) is 3. The van der Waals surface area contributed by atoms with Crippen LogP contribution in [0.4, 0.5) is 17.1 Å². The Morgan fingerprint density at radius 2 is 1.61 bits per heavy atom. The van der Waals surface area contributed by atoms with Gasteiger partial charge in [0.2, 0.25) is 11.8 Å². The largest absolute Gasteiger partial charge is 0.497 e. The second kappa shape index (κ2) is 11.4. The second-order valence-corrected chi connectivity index (χ2v) is 18.2. The lowest BCUT2D eigenvalue weighted by molar-refractivity contribution is -0.146. The number of carbonyl (C=O) groups excluding carboxylic acids is 3. The first-order valence-corrected chi connectivity index (χ1v) is 19.3. The van der Waals surface area contributed by atoms with Gasteiger partial charge in [-0.2, -0.15) is 0 Å². The van der Waals surface area contributed by atoms with Crippen molar-refractivity contribution < 1.29 is 29.0 Å². The zero-order chi connectivity index (χ0) is 32.4. The van der Waals surface area contributed by atoms with Gasteiger partial charge in [0.1, 0.15) is 5.75 Å². The van der Waals surface area contributed by atoms with Crippen LogP contribution < -0.4 is 24.6 Å². The predicted molar refractivity (Wildman–Crippen MR) is 179 cm³/mol. The Morgan fingerprint density at radius 1 is 0.935 bits per heavy atom. The molecule has 3 saturated heterocycles. The van der Waals surface area contributed by atoms with Crippen molar-refractivity contribution in [2.45, 2.75) is 63.1 Å². The predicted octanol–water partition coefficient (Wildman–Crippen LogP) is 4.31. The summed E-state index contributed by atoms with van der Waals surface area (Å²) in [6.45, 7) is 8.37. The molecule has 9 nitrogen and oxygen atoms in total. The molecular formula is C36H41N3O6Si. The molecule has 10 heteroatoms. The van der Waals surface area contributed by atoms with Crippen molar-refractivity contribution in [3.05, 3.63) is 77.9 Å². The van der Waals surface area contributed by atoms with Crippen molar-refractivity contribution in [3.63, 3.8) is 0 Å². The van der Waals surface area contributed by atoms with E-state index >= 15 is 4.79 Å². The number of carbonyl (C=O) groups is 3. The molecule has 7 rings (SSSR count). The van der Waals surface area contributed by atoms with Crippen molar-refractivity contribution in [1.29, 1.82) is 0 Å². The zero-order valence-corrected chi connectivity index (χ0v) is 27.9. The van der Waals surface area contributed by atoms with Crippen molar-refractivity contribution in [2.24, 2.45) is 5.92 Å². The number of benzene rings is 3. The Balaban J connectivity index is 1.31. The molecular weight excluding hydrogens is 598 g/mol. The third-order valence-corrected chi connectivity index (χ3v) is 15.2. The minimum absolute atomic E-state index is 0.0137. The summed E-state index contributed by atoms with van der Waals surface area (Å²) in [6.07, 6.45) is 1.14. The van der Waals surface area contributed by atoms with Gasteiger partial charge >= 0.3 is 0 Å². The summed E-state index contributed by atoms with van der Waals surface area (Å²) in [5, 5.41) is 11.5. The van der Waals surface area contributed by atoms with E-state index in [2.05, 4.69) is 32.2 Å². The van der Waals surface area contributed by atoms with Crippen LogP contribution in [0.5, 0.6) is 5.75 Å². The minimum Gasteiger partial charge on any atom is -0.497 e. The number of ether oxygens (including phenoxy) is 2. The van der Waals surface area contributed by atoms with E-state index in [-0.39, 0.29) is 41.9 Å². The Hall–Kier alpha value is -3.99. The normalized spacial score (nSPS) is 25.6. The molecule has 0 saturated carbocycles. The number of aliphatic hydroxyl groups is 1. The third kappa shape index (κ3) is 4.60. The molecule has 1 N–H and O–H groups in total. The smallest absolute Gasteiger partial charge is 0.264 e. The first kappa shape index (κ1) is 30.6. The Bertz CT molecular complexity index is 1710. The lowest BCUT2D eigenvalue weighted by Gasteiger charge is -2.37. The summed E-state index contributed by atoms with van der Waals surface area (Å²) in [5.41, 5.74) is 2.81. The Kier molecular flexibility index (Phi) is 7.57. The Labute approximate surface area is 270 Å². The molecule has 3 aromatic rings. The van der Waals surface area contributed by atoms with Gasteiger partial charge in [-0.25, -0.2) is 0 Å². The quantitative estimate of drug-likeness (QED) is 0.277. The van der Waals surface area contributed by atoms with Crippen LogP contribution in [0.2, 0.25) is 18.6 Å². The van der Waals surface area contributed by atoms with E-state index in [0.29, 0.717) is 38.9 Å². The van der Waals surface area contributed by atoms with Gasteiger partial charge in [0.05, 0.1) is 33.5 Å². The van der Waals surface area contributed by atoms with Crippen molar-refractivity contribution in [1.82, 2.24) is 0 Å². The fraction of sp³-hybridized carbons (Fsp3) is 0.417. The van der Waals surface area contributed by atoms with Crippen molar-refractivity contribution >= 4 is 48.0 Å². The van der Waals surface area contributed by atoms with Gasteiger partial charge < -0.3 is 29.3 Å². The maximum Gasteiger partial charge on any atom is 0.264 e. The summed E-state index contributed by atoms with van der Waals surface area (Å²) in [7, 11) is -0.661. The number of anilines is 3. The molecule has 3 amide bonds. The molecule has 4 aliphatic rings. The summed E-state index contributed by atoms with van der Waals surface area (Å²) in [6, 6.07) is 21.9. The first-order chi connectivity index (χ1) is 22.1. The van der Waals surface area contributed by atoms with Crippen LogP contribution in [-0.4, -0.2) is 63.8 Å². The van der Waals surface area contributed by atoms with E-state index < -0.39 is 13.7 Å². The number of aliphatic hydroxyl groups excluding tert-OH is 1. The van der Waals surface area contributed by atoms with Gasteiger partial charge in [0.25, 0.3) is 5.91 Å². The molecule has 240 valence electrons. The molecule has 0 bridgehead atoms. The molecule has 0 unspecified atom stereocenters. The van der Waals surface area contributed by atoms with Gasteiger partial charge in [-0.05, 0) is 60.0 Å². The highest BCUT2D eigenvalue weighted by Gasteiger charge is 2.66. The van der Waals surface area contributed by atoms with Crippen LogP contribution in [0.1, 0.15) is 37.3 Å². The lowest BCUT2D eigenvalue weighted by atomic mass is 9.82. The number of amides is 3. The first-order valence-electron chi connectivity index (χ1n) is 16.2. The number of hydrogen-bond donors (Lipinski definition) is 1. The van der Waals surface area contributed by atoms with E-state index in [4.69, 9.17) is 9.47 Å². The number of fused-ring (bicyclic) bond motifs is 2. The SMILES string of the molecule is COc1ccc([Si](C)(C)[C@@H]2[C@@H](CCO)O[C@]3(C(=O)N(Cc4cccc(N5CCC5=O)c4)c4ccc(N5CCC5=O)cc43)[C@H]2C)cc1. The van der Waals surface area contributed by atoms with Crippen LogP contribution in [0, 0.1) is 5.92 Å². The highest BCUT2D eigenvalue weighted by molar-refractivity contribution is 6.91. The fourth-order valence-electron chi connectivity index (χ4n) is 8.20. The molecule has 0 aromatic heterocycles.